The highest BCUT2D eigenvalue weighted by molar-refractivity contribution is 5.78. The second-order valence-electron chi connectivity index (χ2n) is 5.90. The number of hydrogen-bond acceptors (Lipinski definition) is 7. The molecule has 0 radical (unpaired) electrons. The van der Waals surface area contributed by atoms with Crippen LogP contribution in [-0.4, -0.2) is 50.9 Å². The molecule has 0 saturated heterocycles. The molecule has 0 aliphatic carbocycles. The zero-order valence-corrected chi connectivity index (χ0v) is 15.8. The van der Waals surface area contributed by atoms with Crippen LogP contribution < -0.4 is 19.5 Å². The third-order valence-electron chi connectivity index (χ3n) is 3.78. The van der Waals surface area contributed by atoms with Gasteiger partial charge in [-0.3, -0.25) is 9.69 Å². The predicted octanol–water partition coefficient (Wildman–Crippen LogP) is 1.76. The van der Waals surface area contributed by atoms with Crippen molar-refractivity contribution in [2.24, 2.45) is 0 Å². The Hall–Kier alpha value is -2.74. The first kappa shape index (κ1) is 19.6. The van der Waals surface area contributed by atoms with Crippen LogP contribution in [0.4, 0.5) is 0 Å². The fourth-order valence-electron chi connectivity index (χ4n) is 2.55. The molecule has 0 saturated carbocycles. The van der Waals surface area contributed by atoms with Crippen molar-refractivity contribution in [1.82, 2.24) is 15.4 Å². The summed E-state index contributed by atoms with van der Waals surface area (Å²) >= 11 is 0. The van der Waals surface area contributed by atoms with Crippen molar-refractivity contribution in [2.75, 3.05) is 34.9 Å². The minimum absolute atomic E-state index is 0.107. The summed E-state index contributed by atoms with van der Waals surface area (Å²) < 4.78 is 21.0. The van der Waals surface area contributed by atoms with Crippen LogP contribution >= 0.6 is 0 Å². The molecule has 1 N–H and O–H groups in total. The van der Waals surface area contributed by atoms with Gasteiger partial charge in [0.2, 0.25) is 5.91 Å². The van der Waals surface area contributed by atoms with Gasteiger partial charge in [0.1, 0.15) is 11.5 Å². The molecule has 8 nitrogen and oxygen atoms in total. The lowest BCUT2D eigenvalue weighted by atomic mass is 10.1. The maximum atomic E-state index is 12.2. The van der Waals surface area contributed by atoms with E-state index < -0.39 is 0 Å². The van der Waals surface area contributed by atoms with Gasteiger partial charge in [-0.05, 0) is 20.0 Å². The molecule has 8 heteroatoms. The highest BCUT2D eigenvalue weighted by Gasteiger charge is 2.14. The van der Waals surface area contributed by atoms with Gasteiger partial charge in [0.25, 0.3) is 0 Å². The summed E-state index contributed by atoms with van der Waals surface area (Å²) in [5, 5.41) is 6.81. The number of carbonyl (C=O) groups excluding carboxylic acids is 1. The number of hydrogen-bond donors (Lipinski definition) is 1. The van der Waals surface area contributed by atoms with Crippen LogP contribution in [0.2, 0.25) is 0 Å². The van der Waals surface area contributed by atoms with Gasteiger partial charge in [-0.1, -0.05) is 5.16 Å². The van der Waals surface area contributed by atoms with Crippen LogP contribution in [0, 0.1) is 6.92 Å². The monoisotopic (exact) mass is 363 g/mol. The fourth-order valence-corrected chi connectivity index (χ4v) is 2.55. The molecule has 0 bridgehead atoms. The molecular formula is C18H25N3O5. The summed E-state index contributed by atoms with van der Waals surface area (Å²) in [7, 11) is 6.54. The second-order valence-corrected chi connectivity index (χ2v) is 5.90. The first-order chi connectivity index (χ1) is 12.5. The summed E-state index contributed by atoms with van der Waals surface area (Å²) in [6.07, 6.45) is 0. The van der Waals surface area contributed by atoms with Gasteiger partial charge in [0, 0.05) is 30.8 Å². The highest BCUT2D eigenvalue weighted by atomic mass is 16.5. The summed E-state index contributed by atoms with van der Waals surface area (Å²) in [6.45, 7) is 2.92. The van der Waals surface area contributed by atoms with Crippen LogP contribution in [0.1, 0.15) is 17.0 Å². The molecule has 1 aromatic heterocycles. The van der Waals surface area contributed by atoms with Crippen LogP contribution in [0.15, 0.2) is 22.7 Å². The average Bonchev–Trinajstić information content (AvgIpc) is 3.03. The largest absolute Gasteiger partial charge is 0.496 e. The van der Waals surface area contributed by atoms with Crippen molar-refractivity contribution in [3.8, 4) is 17.2 Å². The van der Waals surface area contributed by atoms with Crippen molar-refractivity contribution in [3.63, 3.8) is 0 Å². The Kier molecular flexibility index (Phi) is 6.85. The molecule has 0 spiro atoms. The van der Waals surface area contributed by atoms with E-state index in [1.807, 2.05) is 24.9 Å². The molecule has 0 aliphatic heterocycles. The van der Waals surface area contributed by atoms with Gasteiger partial charge in [0.05, 0.1) is 33.6 Å². The standard InChI is InChI=1S/C18H25N3O5/c1-12-6-14(20-26-12)10-21(2)11-18(22)19-9-13-7-16(24-4)17(25-5)8-15(13)23-3/h6-8H,9-11H2,1-5H3,(H,19,22). The zero-order chi connectivity index (χ0) is 19.1. The molecule has 1 aromatic carbocycles. The molecule has 0 atom stereocenters. The molecule has 0 aliphatic rings. The lowest BCUT2D eigenvalue weighted by molar-refractivity contribution is -0.122. The number of carbonyl (C=O) groups is 1. The van der Waals surface area contributed by atoms with E-state index in [9.17, 15) is 4.79 Å². The third kappa shape index (κ3) is 5.13. The number of nitrogens with zero attached hydrogens (tertiary/aromatic N) is 2. The maximum absolute atomic E-state index is 12.2. The molecule has 1 heterocycles. The van der Waals surface area contributed by atoms with E-state index in [2.05, 4.69) is 10.5 Å². The third-order valence-corrected chi connectivity index (χ3v) is 3.78. The number of benzene rings is 1. The Morgan fingerprint density at radius 3 is 2.35 bits per heavy atom. The zero-order valence-electron chi connectivity index (χ0n) is 15.8. The minimum atomic E-state index is -0.107. The minimum Gasteiger partial charge on any atom is -0.496 e. The van der Waals surface area contributed by atoms with Gasteiger partial charge in [0.15, 0.2) is 11.5 Å². The van der Waals surface area contributed by atoms with Gasteiger partial charge in [-0.25, -0.2) is 0 Å². The first-order valence-corrected chi connectivity index (χ1v) is 8.13. The second kappa shape index (κ2) is 9.10. The lowest BCUT2D eigenvalue weighted by Crippen LogP contribution is -2.34. The van der Waals surface area contributed by atoms with E-state index in [1.165, 1.54) is 0 Å². The number of aryl methyl sites for hydroxylation is 1. The number of amides is 1. The van der Waals surface area contributed by atoms with Crippen LogP contribution in [-0.2, 0) is 17.9 Å². The Bertz CT molecular complexity index is 744. The van der Waals surface area contributed by atoms with Crippen molar-refractivity contribution >= 4 is 5.91 Å². The molecule has 2 aromatic rings. The molecule has 142 valence electrons. The number of nitrogens with one attached hydrogen (secondary N) is 1. The molecule has 2 rings (SSSR count). The number of methoxy groups -OCH3 is 3. The number of ether oxygens (including phenoxy) is 3. The van der Waals surface area contributed by atoms with Crippen molar-refractivity contribution in [3.05, 3.63) is 35.2 Å². The summed E-state index contributed by atoms with van der Waals surface area (Å²) in [5.41, 5.74) is 1.59. The summed E-state index contributed by atoms with van der Waals surface area (Å²) in [4.78, 5) is 14.1. The molecule has 0 unspecified atom stereocenters. The Morgan fingerprint density at radius 1 is 1.12 bits per heavy atom. The average molecular weight is 363 g/mol. The van der Waals surface area contributed by atoms with E-state index in [0.29, 0.717) is 30.3 Å². The molecule has 1 amide bonds. The Labute approximate surface area is 153 Å². The van der Waals surface area contributed by atoms with Gasteiger partial charge in [-0.15, -0.1) is 0 Å². The van der Waals surface area contributed by atoms with E-state index in [1.54, 1.807) is 33.5 Å². The Balaban J connectivity index is 1.93. The quantitative estimate of drug-likeness (QED) is 0.726. The maximum Gasteiger partial charge on any atom is 0.234 e. The van der Waals surface area contributed by atoms with Gasteiger partial charge in [-0.2, -0.15) is 0 Å². The summed E-state index contributed by atoms with van der Waals surface area (Å²) in [6, 6.07) is 5.38. The van der Waals surface area contributed by atoms with Crippen LogP contribution in [0.5, 0.6) is 17.2 Å². The molecule has 0 fully saturated rings. The van der Waals surface area contributed by atoms with E-state index in [0.717, 1.165) is 17.0 Å². The van der Waals surface area contributed by atoms with E-state index >= 15 is 0 Å². The lowest BCUT2D eigenvalue weighted by Gasteiger charge is -2.16. The van der Waals surface area contributed by atoms with Crippen LogP contribution in [0.25, 0.3) is 0 Å². The number of aromatic nitrogens is 1. The smallest absolute Gasteiger partial charge is 0.234 e. The van der Waals surface area contributed by atoms with Crippen molar-refractivity contribution in [1.29, 1.82) is 0 Å². The van der Waals surface area contributed by atoms with Gasteiger partial charge < -0.3 is 24.1 Å². The SMILES string of the molecule is COc1cc(OC)c(OC)cc1CNC(=O)CN(C)Cc1cc(C)on1. The molecule has 26 heavy (non-hydrogen) atoms. The first-order valence-electron chi connectivity index (χ1n) is 8.13. The summed E-state index contributed by atoms with van der Waals surface area (Å²) in [5.74, 6) is 2.41. The highest BCUT2D eigenvalue weighted by Crippen LogP contribution is 2.34. The molecular weight excluding hydrogens is 338 g/mol. The topological polar surface area (TPSA) is 86.1 Å². The van der Waals surface area contributed by atoms with Gasteiger partial charge >= 0.3 is 0 Å². The predicted molar refractivity (Wildman–Crippen MR) is 95.5 cm³/mol. The number of rotatable bonds is 9. The number of likely N-dealkylation sites (N-methyl/N-ethyl adjacent to an activating group) is 1. The fraction of sp³-hybridized carbons (Fsp3) is 0.444. The van der Waals surface area contributed by atoms with Crippen molar-refractivity contribution < 1.29 is 23.5 Å². The Morgan fingerprint density at radius 2 is 1.77 bits per heavy atom. The van der Waals surface area contributed by atoms with Crippen molar-refractivity contribution in [2.45, 2.75) is 20.0 Å². The van der Waals surface area contributed by atoms with Crippen LogP contribution in [0.3, 0.4) is 0 Å². The van der Waals surface area contributed by atoms with E-state index in [4.69, 9.17) is 18.7 Å². The normalized spacial score (nSPS) is 10.7. The van der Waals surface area contributed by atoms with E-state index in [-0.39, 0.29) is 12.5 Å².